The highest BCUT2D eigenvalue weighted by Gasteiger charge is 2.20. The number of carbonyl (C=O) groups is 1. The molecule has 0 saturated carbocycles. The Bertz CT molecular complexity index is 603. The molecule has 0 heterocycles. The highest BCUT2D eigenvalue weighted by molar-refractivity contribution is 6.36. The van der Waals surface area contributed by atoms with Crippen molar-refractivity contribution in [2.75, 3.05) is 6.61 Å². The molecule has 0 aromatic heterocycles. The SMILES string of the molecule is CCOC(=O)C(C#N)=C(CC)c1cc(Cl)cc(Cl)c1O. The highest BCUT2D eigenvalue weighted by Crippen LogP contribution is 2.37. The van der Waals surface area contributed by atoms with Gasteiger partial charge in [-0.15, -0.1) is 0 Å². The van der Waals surface area contributed by atoms with E-state index in [2.05, 4.69) is 0 Å². The quantitative estimate of drug-likeness (QED) is 0.519. The lowest BCUT2D eigenvalue weighted by atomic mass is 9.97. The number of nitriles is 1. The maximum absolute atomic E-state index is 11.8. The fourth-order valence-electron chi connectivity index (χ4n) is 1.74. The summed E-state index contributed by atoms with van der Waals surface area (Å²) in [6.45, 7) is 3.55. The van der Waals surface area contributed by atoms with Gasteiger partial charge in [-0.05, 0) is 31.1 Å². The fraction of sp³-hybridized carbons (Fsp3) is 0.286. The molecule has 0 aliphatic heterocycles. The van der Waals surface area contributed by atoms with Crippen LogP contribution in [0.1, 0.15) is 25.8 Å². The Balaban J connectivity index is 3.53. The zero-order chi connectivity index (χ0) is 15.3. The van der Waals surface area contributed by atoms with Crippen LogP contribution in [0.25, 0.3) is 5.57 Å². The van der Waals surface area contributed by atoms with Crippen molar-refractivity contribution in [1.29, 1.82) is 5.26 Å². The van der Waals surface area contributed by atoms with Crippen LogP contribution < -0.4 is 0 Å². The molecule has 0 bridgehead atoms. The number of ether oxygens (including phenoxy) is 1. The molecule has 4 nitrogen and oxygen atoms in total. The number of phenolic OH excluding ortho intramolecular Hbond substituents is 1. The summed E-state index contributed by atoms with van der Waals surface area (Å²) in [5.41, 5.74) is 0.436. The Labute approximate surface area is 127 Å². The Hall–Kier alpha value is -1.70. The van der Waals surface area contributed by atoms with E-state index < -0.39 is 5.97 Å². The average molecular weight is 314 g/mol. The largest absolute Gasteiger partial charge is 0.506 e. The molecule has 1 N–H and O–H groups in total. The molecule has 1 aromatic rings. The lowest BCUT2D eigenvalue weighted by Crippen LogP contribution is -2.08. The molecule has 6 heteroatoms. The average Bonchev–Trinajstić information content (AvgIpc) is 2.40. The smallest absolute Gasteiger partial charge is 0.349 e. The van der Waals surface area contributed by atoms with Crippen molar-refractivity contribution in [2.24, 2.45) is 0 Å². The molecule has 0 unspecified atom stereocenters. The van der Waals surface area contributed by atoms with Crippen LogP contribution in [0.5, 0.6) is 5.75 Å². The Morgan fingerprint density at radius 2 is 2.05 bits per heavy atom. The third kappa shape index (κ3) is 3.44. The minimum Gasteiger partial charge on any atom is -0.506 e. The van der Waals surface area contributed by atoms with Gasteiger partial charge in [-0.2, -0.15) is 5.26 Å². The van der Waals surface area contributed by atoms with Gasteiger partial charge in [-0.25, -0.2) is 4.79 Å². The van der Waals surface area contributed by atoms with E-state index in [0.717, 1.165) is 0 Å². The van der Waals surface area contributed by atoms with Crippen molar-refractivity contribution in [2.45, 2.75) is 20.3 Å². The molecule has 20 heavy (non-hydrogen) atoms. The zero-order valence-corrected chi connectivity index (χ0v) is 12.5. The van der Waals surface area contributed by atoms with Crippen molar-refractivity contribution in [1.82, 2.24) is 0 Å². The molecule has 0 aliphatic carbocycles. The molecule has 0 radical (unpaired) electrons. The van der Waals surface area contributed by atoms with E-state index in [1.807, 2.05) is 6.07 Å². The van der Waals surface area contributed by atoms with E-state index in [4.69, 9.17) is 33.2 Å². The van der Waals surface area contributed by atoms with Gasteiger partial charge in [0.05, 0.1) is 11.6 Å². The normalized spacial score (nSPS) is 11.6. The van der Waals surface area contributed by atoms with Gasteiger partial charge in [0.25, 0.3) is 0 Å². The summed E-state index contributed by atoms with van der Waals surface area (Å²) < 4.78 is 4.83. The summed E-state index contributed by atoms with van der Waals surface area (Å²) >= 11 is 11.7. The minimum atomic E-state index is -0.734. The van der Waals surface area contributed by atoms with Crippen LogP contribution in [0.4, 0.5) is 0 Å². The number of carbonyl (C=O) groups excluding carboxylic acids is 1. The minimum absolute atomic E-state index is 0.0552. The van der Waals surface area contributed by atoms with Crippen LogP contribution in [0.2, 0.25) is 10.0 Å². The lowest BCUT2D eigenvalue weighted by Gasteiger charge is -2.12. The number of halogens is 2. The summed E-state index contributed by atoms with van der Waals surface area (Å²) in [6.07, 6.45) is 0.339. The van der Waals surface area contributed by atoms with Gasteiger partial charge in [-0.3, -0.25) is 0 Å². The zero-order valence-electron chi connectivity index (χ0n) is 11.0. The first kappa shape index (κ1) is 16.4. The topological polar surface area (TPSA) is 70.3 Å². The first-order valence-electron chi connectivity index (χ1n) is 5.94. The molecule has 0 atom stereocenters. The monoisotopic (exact) mass is 313 g/mol. The third-order valence-electron chi connectivity index (χ3n) is 2.60. The second-order valence-corrected chi connectivity index (χ2v) is 4.67. The molecular formula is C14H13Cl2NO3. The molecule has 0 amide bonds. The highest BCUT2D eigenvalue weighted by atomic mass is 35.5. The van der Waals surface area contributed by atoms with Gasteiger partial charge in [0.2, 0.25) is 0 Å². The second-order valence-electron chi connectivity index (χ2n) is 3.82. The van der Waals surface area contributed by atoms with E-state index in [-0.39, 0.29) is 28.5 Å². The molecule has 0 spiro atoms. The number of aromatic hydroxyl groups is 1. The van der Waals surface area contributed by atoms with Gasteiger partial charge in [0.15, 0.2) is 0 Å². The first-order chi connectivity index (χ1) is 9.46. The van der Waals surface area contributed by atoms with Gasteiger partial charge in [0.1, 0.15) is 17.4 Å². The van der Waals surface area contributed by atoms with E-state index in [1.54, 1.807) is 13.8 Å². The van der Waals surface area contributed by atoms with Gasteiger partial charge in [0, 0.05) is 10.6 Å². The van der Waals surface area contributed by atoms with E-state index >= 15 is 0 Å². The lowest BCUT2D eigenvalue weighted by molar-refractivity contribution is -0.137. The van der Waals surface area contributed by atoms with Crippen LogP contribution in [0.15, 0.2) is 17.7 Å². The Kier molecular flexibility index (Phi) is 5.87. The molecule has 0 aliphatic rings. The van der Waals surface area contributed by atoms with Gasteiger partial charge < -0.3 is 9.84 Å². The summed E-state index contributed by atoms with van der Waals surface area (Å²) in [5, 5.41) is 19.5. The van der Waals surface area contributed by atoms with Gasteiger partial charge >= 0.3 is 5.97 Å². The third-order valence-corrected chi connectivity index (χ3v) is 3.11. The van der Waals surface area contributed by atoms with Gasteiger partial charge in [-0.1, -0.05) is 30.1 Å². The van der Waals surface area contributed by atoms with Crippen molar-refractivity contribution in [3.05, 3.63) is 33.3 Å². The fourth-order valence-corrected chi connectivity index (χ4v) is 2.23. The van der Waals surface area contributed by atoms with Crippen molar-refractivity contribution >= 4 is 34.7 Å². The Morgan fingerprint density at radius 3 is 2.55 bits per heavy atom. The van der Waals surface area contributed by atoms with Crippen LogP contribution in [-0.2, 0) is 9.53 Å². The summed E-state index contributed by atoms with van der Waals surface area (Å²) in [4.78, 5) is 11.8. The number of rotatable bonds is 4. The molecular weight excluding hydrogens is 301 g/mol. The molecule has 1 aromatic carbocycles. The Morgan fingerprint density at radius 1 is 1.40 bits per heavy atom. The molecule has 106 valence electrons. The number of phenols is 1. The predicted molar refractivity (Wildman–Crippen MR) is 77.6 cm³/mol. The summed E-state index contributed by atoms with van der Waals surface area (Å²) in [6, 6.07) is 4.65. The van der Waals surface area contributed by atoms with Crippen LogP contribution in [0.3, 0.4) is 0 Å². The molecule has 1 rings (SSSR count). The standard InChI is InChI=1S/C14H13Cl2NO3/c1-3-9(11(7-17)14(19)20-4-2)10-5-8(15)6-12(16)13(10)18/h5-6,18H,3-4H2,1-2H3. The summed E-state index contributed by atoms with van der Waals surface area (Å²) in [7, 11) is 0. The predicted octanol–water partition coefficient (Wildman–Crippen LogP) is 3.95. The number of esters is 1. The number of hydrogen-bond donors (Lipinski definition) is 1. The van der Waals surface area contributed by atoms with E-state index in [9.17, 15) is 9.90 Å². The number of allylic oxidation sites excluding steroid dienone is 1. The number of benzene rings is 1. The second kappa shape index (κ2) is 7.18. The maximum Gasteiger partial charge on any atom is 0.349 e. The van der Waals surface area contributed by atoms with E-state index in [1.165, 1.54) is 12.1 Å². The maximum atomic E-state index is 11.8. The van der Waals surface area contributed by atoms with E-state index in [0.29, 0.717) is 17.0 Å². The first-order valence-corrected chi connectivity index (χ1v) is 6.70. The van der Waals surface area contributed by atoms with Crippen molar-refractivity contribution in [3.8, 4) is 11.8 Å². The molecule has 0 saturated heterocycles. The van der Waals surface area contributed by atoms with Crippen LogP contribution in [-0.4, -0.2) is 17.7 Å². The summed E-state index contributed by atoms with van der Waals surface area (Å²) in [5.74, 6) is -0.952. The number of nitrogens with zero attached hydrogens (tertiary/aromatic N) is 1. The number of hydrogen-bond acceptors (Lipinski definition) is 4. The van der Waals surface area contributed by atoms with Crippen LogP contribution >= 0.6 is 23.2 Å². The van der Waals surface area contributed by atoms with Crippen LogP contribution in [0, 0.1) is 11.3 Å². The van der Waals surface area contributed by atoms with Crippen molar-refractivity contribution < 1.29 is 14.6 Å². The van der Waals surface area contributed by atoms with Crippen molar-refractivity contribution in [3.63, 3.8) is 0 Å². The molecule has 0 fully saturated rings.